The molecule has 1 saturated carbocycles. The van der Waals surface area contributed by atoms with Crippen LogP contribution in [0.1, 0.15) is 19.8 Å². The van der Waals surface area contributed by atoms with Crippen LogP contribution in [0.4, 0.5) is 0 Å². The van der Waals surface area contributed by atoms with Crippen LogP contribution in [0.3, 0.4) is 0 Å². The third kappa shape index (κ3) is 5.42. The van der Waals surface area contributed by atoms with Crippen LogP contribution in [0, 0.1) is 0 Å². The molecular formula is C11H20N4O2S. The molecule has 7 heteroatoms. The summed E-state index contributed by atoms with van der Waals surface area (Å²) in [5.41, 5.74) is 5.22. The van der Waals surface area contributed by atoms with Gasteiger partial charge in [0.2, 0.25) is 0 Å². The number of nitrogens with two attached hydrogens (primary N) is 1. The number of carbonyl (C=O) groups is 2. The molecule has 1 fully saturated rings. The molecule has 0 aromatic heterocycles. The lowest BCUT2D eigenvalue weighted by Crippen LogP contribution is -2.45. The summed E-state index contributed by atoms with van der Waals surface area (Å²) in [6, 6.07) is 0.662. The fourth-order valence-corrected chi connectivity index (χ4v) is 1.75. The molecule has 1 aliphatic carbocycles. The number of likely N-dealkylation sites (N-methyl/N-ethyl adjacent to an activating group) is 1. The largest absolute Gasteiger partial charge is 0.392 e. The first-order chi connectivity index (χ1) is 8.54. The standard InChI is InChI=1S/C11H20N4O2S/c1-2-15(8-3-4-8)6-5-13-10(16)11(17)14-7-9(12)18/h8H,2-7H2,1H3,(H2,12,18)(H,13,16)(H,14,17). The molecule has 0 bridgehead atoms. The summed E-state index contributed by atoms with van der Waals surface area (Å²) in [6.45, 7) is 4.35. The van der Waals surface area contributed by atoms with Crippen LogP contribution in [0.25, 0.3) is 0 Å². The van der Waals surface area contributed by atoms with Crippen molar-refractivity contribution in [3.05, 3.63) is 0 Å². The minimum absolute atomic E-state index is 0.0464. The molecule has 18 heavy (non-hydrogen) atoms. The molecular weight excluding hydrogens is 252 g/mol. The van der Waals surface area contributed by atoms with E-state index in [2.05, 4.69) is 34.7 Å². The highest BCUT2D eigenvalue weighted by Gasteiger charge is 2.27. The molecule has 4 N–H and O–H groups in total. The van der Waals surface area contributed by atoms with Crippen molar-refractivity contribution in [1.29, 1.82) is 0 Å². The SMILES string of the molecule is CCN(CCNC(=O)C(=O)NCC(N)=S)C1CC1. The fourth-order valence-electron chi connectivity index (χ4n) is 1.68. The lowest BCUT2D eigenvalue weighted by atomic mass is 10.4. The van der Waals surface area contributed by atoms with Gasteiger partial charge >= 0.3 is 11.8 Å². The number of rotatable bonds is 7. The van der Waals surface area contributed by atoms with Crippen LogP contribution in [0.5, 0.6) is 0 Å². The molecule has 6 nitrogen and oxygen atoms in total. The first-order valence-electron chi connectivity index (χ1n) is 6.13. The average Bonchev–Trinajstić information content (AvgIpc) is 3.15. The van der Waals surface area contributed by atoms with Crippen molar-refractivity contribution < 1.29 is 9.59 Å². The number of hydrogen-bond acceptors (Lipinski definition) is 4. The van der Waals surface area contributed by atoms with Gasteiger partial charge < -0.3 is 16.4 Å². The maximum Gasteiger partial charge on any atom is 0.309 e. The summed E-state index contributed by atoms with van der Waals surface area (Å²) >= 11 is 4.60. The Labute approximate surface area is 112 Å². The topological polar surface area (TPSA) is 87.5 Å². The van der Waals surface area contributed by atoms with Gasteiger partial charge in [-0.2, -0.15) is 0 Å². The zero-order valence-corrected chi connectivity index (χ0v) is 11.4. The van der Waals surface area contributed by atoms with Gasteiger partial charge in [-0.25, -0.2) is 0 Å². The molecule has 0 heterocycles. The summed E-state index contributed by atoms with van der Waals surface area (Å²) in [5.74, 6) is -1.34. The highest BCUT2D eigenvalue weighted by atomic mass is 32.1. The Morgan fingerprint density at radius 2 is 1.94 bits per heavy atom. The lowest BCUT2D eigenvalue weighted by Gasteiger charge is -2.19. The molecule has 0 unspecified atom stereocenters. The van der Waals surface area contributed by atoms with Crippen molar-refractivity contribution in [3.63, 3.8) is 0 Å². The summed E-state index contributed by atoms with van der Waals surface area (Å²) < 4.78 is 0. The van der Waals surface area contributed by atoms with E-state index < -0.39 is 11.8 Å². The summed E-state index contributed by atoms with van der Waals surface area (Å²) in [5, 5.41) is 4.92. The number of hydrogen-bond donors (Lipinski definition) is 3. The Kier molecular flexibility index (Phi) is 6.00. The smallest absolute Gasteiger partial charge is 0.309 e. The van der Waals surface area contributed by atoms with Crippen LogP contribution in [0.2, 0.25) is 0 Å². The van der Waals surface area contributed by atoms with Gasteiger partial charge in [0.15, 0.2) is 0 Å². The highest BCUT2D eigenvalue weighted by molar-refractivity contribution is 7.80. The number of carbonyl (C=O) groups excluding carboxylic acids is 2. The van der Waals surface area contributed by atoms with E-state index in [0.717, 1.165) is 13.1 Å². The third-order valence-corrected chi connectivity index (χ3v) is 2.93. The second kappa shape index (κ2) is 7.27. The maximum absolute atomic E-state index is 11.4. The van der Waals surface area contributed by atoms with E-state index >= 15 is 0 Å². The van der Waals surface area contributed by atoms with Crippen molar-refractivity contribution in [3.8, 4) is 0 Å². The molecule has 0 saturated heterocycles. The van der Waals surface area contributed by atoms with E-state index in [4.69, 9.17) is 5.73 Å². The second-order valence-corrected chi connectivity index (χ2v) is 4.79. The van der Waals surface area contributed by atoms with Gasteiger partial charge in [0.25, 0.3) is 0 Å². The van der Waals surface area contributed by atoms with Crippen LogP contribution in [-0.2, 0) is 9.59 Å². The van der Waals surface area contributed by atoms with Crippen molar-refractivity contribution in [2.24, 2.45) is 5.73 Å². The van der Waals surface area contributed by atoms with E-state index in [0.29, 0.717) is 12.6 Å². The van der Waals surface area contributed by atoms with E-state index in [1.807, 2.05) is 0 Å². The molecule has 102 valence electrons. The van der Waals surface area contributed by atoms with Crippen molar-refractivity contribution in [1.82, 2.24) is 15.5 Å². The molecule has 0 atom stereocenters. The molecule has 1 rings (SSSR count). The number of thiocarbonyl (C=S) groups is 1. The number of amides is 2. The first-order valence-corrected chi connectivity index (χ1v) is 6.53. The molecule has 0 aromatic rings. The van der Waals surface area contributed by atoms with Gasteiger partial charge in [0.1, 0.15) is 0 Å². The second-order valence-electron chi connectivity index (χ2n) is 4.26. The Hall–Kier alpha value is -1.21. The predicted octanol–water partition coefficient (Wildman–Crippen LogP) is -1.01. The molecule has 0 spiro atoms. The monoisotopic (exact) mass is 272 g/mol. The predicted molar refractivity (Wildman–Crippen MR) is 73.1 cm³/mol. The zero-order chi connectivity index (χ0) is 13.5. The first kappa shape index (κ1) is 14.8. The van der Waals surface area contributed by atoms with Gasteiger partial charge in [0.05, 0.1) is 11.5 Å². The Morgan fingerprint density at radius 3 is 2.44 bits per heavy atom. The zero-order valence-electron chi connectivity index (χ0n) is 10.6. The molecule has 0 radical (unpaired) electrons. The third-order valence-electron chi connectivity index (χ3n) is 2.78. The Balaban J connectivity index is 2.15. The van der Waals surface area contributed by atoms with Gasteiger partial charge in [-0.3, -0.25) is 14.5 Å². The minimum Gasteiger partial charge on any atom is -0.392 e. The Bertz CT molecular complexity index is 331. The van der Waals surface area contributed by atoms with Gasteiger partial charge in [-0.1, -0.05) is 19.1 Å². The van der Waals surface area contributed by atoms with E-state index in [9.17, 15) is 9.59 Å². The van der Waals surface area contributed by atoms with Crippen molar-refractivity contribution >= 4 is 29.0 Å². The van der Waals surface area contributed by atoms with Crippen molar-refractivity contribution in [2.45, 2.75) is 25.8 Å². The van der Waals surface area contributed by atoms with Gasteiger partial charge in [0, 0.05) is 19.1 Å². The van der Waals surface area contributed by atoms with Crippen LogP contribution in [0.15, 0.2) is 0 Å². The van der Waals surface area contributed by atoms with E-state index in [1.165, 1.54) is 12.8 Å². The van der Waals surface area contributed by atoms with Crippen LogP contribution in [-0.4, -0.2) is 53.9 Å². The molecule has 1 aliphatic rings. The number of nitrogens with one attached hydrogen (secondary N) is 2. The van der Waals surface area contributed by atoms with Gasteiger partial charge in [-0.05, 0) is 19.4 Å². The van der Waals surface area contributed by atoms with E-state index in [1.54, 1.807) is 0 Å². The molecule has 0 aromatic carbocycles. The van der Waals surface area contributed by atoms with Crippen LogP contribution < -0.4 is 16.4 Å². The quantitative estimate of drug-likeness (QED) is 0.408. The van der Waals surface area contributed by atoms with Crippen LogP contribution >= 0.6 is 12.2 Å². The molecule has 2 amide bonds. The van der Waals surface area contributed by atoms with Crippen molar-refractivity contribution in [2.75, 3.05) is 26.2 Å². The number of nitrogens with zero attached hydrogens (tertiary/aromatic N) is 1. The fraction of sp³-hybridized carbons (Fsp3) is 0.727. The molecule has 0 aliphatic heterocycles. The summed E-state index contributed by atoms with van der Waals surface area (Å²) in [7, 11) is 0. The minimum atomic E-state index is -0.697. The van der Waals surface area contributed by atoms with Gasteiger partial charge in [-0.15, -0.1) is 0 Å². The normalized spacial score (nSPS) is 14.3. The summed E-state index contributed by atoms with van der Waals surface area (Å²) in [4.78, 5) is 25.1. The lowest BCUT2D eigenvalue weighted by molar-refractivity contribution is -0.139. The summed E-state index contributed by atoms with van der Waals surface area (Å²) in [6.07, 6.45) is 2.46. The maximum atomic E-state index is 11.4. The Morgan fingerprint density at radius 1 is 1.33 bits per heavy atom. The van der Waals surface area contributed by atoms with E-state index in [-0.39, 0.29) is 11.5 Å². The average molecular weight is 272 g/mol. The highest BCUT2D eigenvalue weighted by Crippen LogP contribution is 2.25.